The molecule has 1 atom stereocenters. The van der Waals surface area contributed by atoms with Gasteiger partial charge in [0.25, 0.3) is 0 Å². The van der Waals surface area contributed by atoms with Crippen molar-refractivity contribution in [1.82, 2.24) is 9.88 Å². The summed E-state index contributed by atoms with van der Waals surface area (Å²) in [4.78, 5) is 8.86. The lowest BCUT2D eigenvalue weighted by atomic mass is 9.62. The van der Waals surface area contributed by atoms with E-state index in [0.29, 0.717) is 24.2 Å². The summed E-state index contributed by atoms with van der Waals surface area (Å²) in [6.07, 6.45) is 1.82. The first kappa shape index (κ1) is 21.7. The van der Waals surface area contributed by atoms with Gasteiger partial charge in [0.2, 0.25) is 0 Å². The number of rotatable bonds is 5. The molecule has 0 amide bonds. The molecule has 3 heterocycles. The Morgan fingerprint density at radius 3 is 2.12 bits per heavy atom. The zero-order valence-corrected chi connectivity index (χ0v) is 18.6. The van der Waals surface area contributed by atoms with Gasteiger partial charge in [0, 0.05) is 43.4 Å². The van der Waals surface area contributed by atoms with Gasteiger partial charge in [-0.2, -0.15) is 13.2 Å². The molecule has 3 aliphatic rings. The van der Waals surface area contributed by atoms with Gasteiger partial charge in [-0.1, -0.05) is 31.2 Å². The van der Waals surface area contributed by atoms with Crippen LogP contribution < -0.4 is 4.90 Å². The maximum absolute atomic E-state index is 13.6. The molecular formula is C25H30F3N3O. The number of pyridine rings is 1. The van der Waals surface area contributed by atoms with E-state index in [9.17, 15) is 18.3 Å². The molecule has 2 aromatic rings. The fourth-order valence-electron chi connectivity index (χ4n) is 5.90. The number of nitrogens with zero attached hydrogens (tertiary/aromatic N) is 3. The minimum Gasteiger partial charge on any atom is -0.380 e. The van der Waals surface area contributed by atoms with Crippen molar-refractivity contribution in [3.05, 3.63) is 59.4 Å². The second-order valence-electron chi connectivity index (χ2n) is 10.2. The van der Waals surface area contributed by atoms with Crippen LogP contribution in [0.4, 0.5) is 18.9 Å². The Kier molecular flexibility index (Phi) is 4.88. The highest BCUT2D eigenvalue weighted by molar-refractivity contribution is 5.51. The van der Waals surface area contributed by atoms with E-state index in [1.54, 1.807) is 30.5 Å². The van der Waals surface area contributed by atoms with Crippen molar-refractivity contribution < 1.29 is 18.3 Å². The Morgan fingerprint density at radius 1 is 0.969 bits per heavy atom. The largest absolute Gasteiger partial charge is 0.398 e. The first-order valence-corrected chi connectivity index (χ1v) is 11.4. The number of aromatic nitrogens is 1. The minimum absolute atomic E-state index is 0.129. The normalized spacial score (nSPS) is 24.1. The summed E-state index contributed by atoms with van der Waals surface area (Å²) in [5, 5.41) is 12.3. The second kappa shape index (κ2) is 7.19. The van der Waals surface area contributed by atoms with E-state index in [2.05, 4.69) is 14.8 Å². The van der Waals surface area contributed by atoms with E-state index < -0.39 is 22.6 Å². The maximum atomic E-state index is 13.6. The lowest BCUT2D eigenvalue weighted by Crippen LogP contribution is -2.63. The molecule has 2 saturated heterocycles. The fraction of sp³-hybridized carbons (Fsp3) is 0.560. The highest BCUT2D eigenvalue weighted by atomic mass is 19.4. The van der Waals surface area contributed by atoms with Crippen molar-refractivity contribution in [1.29, 1.82) is 0 Å². The molecule has 32 heavy (non-hydrogen) atoms. The summed E-state index contributed by atoms with van der Waals surface area (Å²) in [5.41, 5.74) is -0.957. The third-order valence-electron chi connectivity index (χ3n) is 7.87. The Hall–Kier alpha value is -2.12. The molecular weight excluding hydrogens is 415 g/mol. The molecule has 172 valence electrons. The highest BCUT2D eigenvalue weighted by Gasteiger charge is 2.64. The highest BCUT2D eigenvalue weighted by Crippen LogP contribution is 2.59. The minimum atomic E-state index is -4.25. The number of benzene rings is 1. The van der Waals surface area contributed by atoms with Gasteiger partial charge >= 0.3 is 6.18 Å². The molecule has 1 aliphatic carbocycles. The van der Waals surface area contributed by atoms with Crippen LogP contribution in [0.5, 0.6) is 0 Å². The van der Waals surface area contributed by atoms with Gasteiger partial charge in [0.15, 0.2) is 0 Å². The van der Waals surface area contributed by atoms with E-state index in [1.165, 1.54) is 0 Å². The van der Waals surface area contributed by atoms with Crippen LogP contribution in [0.2, 0.25) is 0 Å². The van der Waals surface area contributed by atoms with E-state index in [1.807, 2.05) is 26.2 Å². The molecule has 2 aliphatic heterocycles. The second-order valence-corrected chi connectivity index (χ2v) is 10.2. The van der Waals surface area contributed by atoms with Gasteiger partial charge in [0.1, 0.15) is 5.60 Å². The van der Waals surface area contributed by atoms with Crippen LogP contribution in [0.1, 0.15) is 49.3 Å². The first-order chi connectivity index (χ1) is 15.1. The van der Waals surface area contributed by atoms with Gasteiger partial charge in [-0.15, -0.1) is 0 Å². The topological polar surface area (TPSA) is 39.6 Å². The Labute approximate surface area is 187 Å². The van der Waals surface area contributed by atoms with Crippen molar-refractivity contribution in [2.24, 2.45) is 5.41 Å². The number of likely N-dealkylation sites (tertiary alicyclic amines) is 1. The molecule has 4 nitrogen and oxygen atoms in total. The average Bonchev–Trinajstić information content (AvgIpc) is 3.40. The van der Waals surface area contributed by atoms with Crippen LogP contribution >= 0.6 is 0 Å². The van der Waals surface area contributed by atoms with Gasteiger partial charge in [-0.3, -0.25) is 4.98 Å². The molecule has 0 radical (unpaired) electrons. The molecule has 0 spiro atoms. The first-order valence-electron chi connectivity index (χ1n) is 11.4. The summed E-state index contributed by atoms with van der Waals surface area (Å²) < 4.78 is 40.8. The van der Waals surface area contributed by atoms with Crippen molar-refractivity contribution in [3.63, 3.8) is 0 Å². The number of hydrogen-bond acceptors (Lipinski definition) is 4. The summed E-state index contributed by atoms with van der Waals surface area (Å²) in [6, 6.07) is 8.50. The number of alkyl halides is 3. The zero-order valence-electron chi connectivity index (χ0n) is 18.6. The fourth-order valence-corrected chi connectivity index (χ4v) is 5.90. The van der Waals surface area contributed by atoms with E-state index in [4.69, 9.17) is 0 Å². The van der Waals surface area contributed by atoms with Gasteiger partial charge in [0.05, 0.1) is 17.3 Å². The number of anilines is 1. The molecule has 0 unspecified atom stereocenters. The van der Waals surface area contributed by atoms with Gasteiger partial charge in [-0.05, 0) is 49.9 Å². The standard InChI is InChI=1S/C25H30F3N3O/c1-22(16-30(2)17-22)24(32,20-13-21(15-29-14-20)31-11-3-4-12-31)19-7-5-18(6-8-19)23(9-10-23)25(26,27)28/h5-8,13-15,32H,3-4,9-12,16-17H2,1-2H3/t24-/m0/s1. The SMILES string of the molecule is CN1CC(C)([C@](O)(c2ccc(C3(C(F)(F)F)CC3)cc2)c2cncc(N3CCCC3)c2)C1. The maximum Gasteiger partial charge on any atom is 0.398 e. The molecule has 5 rings (SSSR count). The van der Waals surface area contributed by atoms with E-state index >= 15 is 0 Å². The Morgan fingerprint density at radius 2 is 1.59 bits per heavy atom. The van der Waals surface area contributed by atoms with E-state index in [0.717, 1.165) is 31.6 Å². The van der Waals surface area contributed by atoms with E-state index in [-0.39, 0.29) is 18.4 Å². The lowest BCUT2D eigenvalue weighted by Gasteiger charge is -2.56. The van der Waals surface area contributed by atoms with Crippen LogP contribution in [0, 0.1) is 5.41 Å². The van der Waals surface area contributed by atoms with Crippen molar-refractivity contribution >= 4 is 5.69 Å². The number of hydrogen-bond donors (Lipinski definition) is 1. The average molecular weight is 446 g/mol. The summed E-state index contributed by atoms with van der Waals surface area (Å²) >= 11 is 0. The zero-order chi connectivity index (χ0) is 22.8. The van der Waals surface area contributed by atoms with Gasteiger partial charge < -0.3 is 14.9 Å². The summed E-state index contributed by atoms with van der Waals surface area (Å²) in [7, 11) is 2.00. The predicted octanol–water partition coefficient (Wildman–Crippen LogP) is 4.46. The van der Waals surface area contributed by atoms with Crippen LogP contribution in [-0.2, 0) is 11.0 Å². The van der Waals surface area contributed by atoms with Crippen LogP contribution in [0.3, 0.4) is 0 Å². The monoisotopic (exact) mass is 445 g/mol. The third-order valence-corrected chi connectivity index (χ3v) is 7.87. The smallest absolute Gasteiger partial charge is 0.380 e. The molecule has 1 saturated carbocycles. The van der Waals surface area contributed by atoms with Crippen LogP contribution in [0.25, 0.3) is 0 Å². The number of halogens is 3. The van der Waals surface area contributed by atoms with Crippen LogP contribution in [0.15, 0.2) is 42.7 Å². The summed E-state index contributed by atoms with van der Waals surface area (Å²) in [5.74, 6) is 0. The molecule has 0 bridgehead atoms. The summed E-state index contributed by atoms with van der Waals surface area (Å²) in [6.45, 7) is 5.36. The Balaban J connectivity index is 1.56. The Bertz CT molecular complexity index is 990. The molecule has 1 aromatic heterocycles. The molecule has 1 N–H and O–H groups in total. The molecule has 3 fully saturated rings. The predicted molar refractivity (Wildman–Crippen MR) is 118 cm³/mol. The third kappa shape index (κ3) is 3.16. The van der Waals surface area contributed by atoms with Crippen molar-refractivity contribution in [2.75, 3.05) is 38.1 Å². The lowest BCUT2D eigenvalue weighted by molar-refractivity contribution is -0.160. The number of aliphatic hydroxyl groups is 1. The van der Waals surface area contributed by atoms with Crippen molar-refractivity contribution in [2.45, 2.75) is 49.8 Å². The van der Waals surface area contributed by atoms with Gasteiger partial charge in [-0.25, -0.2) is 0 Å². The quantitative estimate of drug-likeness (QED) is 0.738. The molecule has 1 aromatic carbocycles. The molecule has 7 heteroatoms. The van der Waals surface area contributed by atoms with Crippen molar-refractivity contribution in [3.8, 4) is 0 Å². The van der Waals surface area contributed by atoms with Crippen LogP contribution in [-0.4, -0.2) is 54.4 Å².